The van der Waals surface area contributed by atoms with Gasteiger partial charge in [0.25, 0.3) is 0 Å². The molecular formula is C15H16BrF3N2. The van der Waals surface area contributed by atoms with Crippen LogP contribution in [0.2, 0.25) is 0 Å². The van der Waals surface area contributed by atoms with E-state index in [0.29, 0.717) is 19.5 Å². The molecule has 3 rings (SSSR count). The summed E-state index contributed by atoms with van der Waals surface area (Å²) < 4.78 is 40.2. The van der Waals surface area contributed by atoms with Crippen LogP contribution in [0.25, 0.3) is 10.9 Å². The average molecular weight is 361 g/mol. The molecule has 0 amide bonds. The maximum absolute atomic E-state index is 13.1. The topological polar surface area (TPSA) is 19.0 Å². The van der Waals surface area contributed by atoms with Crippen molar-refractivity contribution < 1.29 is 13.2 Å². The Kier molecular flexibility index (Phi) is 4.01. The minimum absolute atomic E-state index is 0.204. The predicted octanol–water partition coefficient (Wildman–Crippen LogP) is 4.85. The van der Waals surface area contributed by atoms with Crippen molar-refractivity contribution in [1.82, 2.24) is 9.88 Å². The summed E-state index contributed by atoms with van der Waals surface area (Å²) in [6.45, 7) is 0.819. The van der Waals surface area contributed by atoms with E-state index in [0.717, 1.165) is 27.5 Å². The maximum atomic E-state index is 13.1. The molecule has 2 aromatic rings. The van der Waals surface area contributed by atoms with Crippen molar-refractivity contribution >= 4 is 26.8 Å². The molecule has 1 aromatic carbocycles. The van der Waals surface area contributed by atoms with Crippen LogP contribution in [0.3, 0.4) is 0 Å². The molecule has 1 atom stereocenters. The number of nitrogens with zero attached hydrogens (tertiary/aromatic N) is 1. The molecule has 0 aliphatic carbocycles. The van der Waals surface area contributed by atoms with Crippen molar-refractivity contribution in [1.29, 1.82) is 0 Å². The molecule has 114 valence electrons. The molecule has 0 spiro atoms. The van der Waals surface area contributed by atoms with Crippen LogP contribution < -0.4 is 0 Å². The Hall–Kier alpha value is -1.01. The Labute approximate surface area is 129 Å². The maximum Gasteiger partial charge on any atom is 0.404 e. The van der Waals surface area contributed by atoms with Crippen LogP contribution >= 0.6 is 15.9 Å². The van der Waals surface area contributed by atoms with Gasteiger partial charge in [0.2, 0.25) is 0 Å². The number of nitrogens with one attached hydrogen (secondary N) is 1. The van der Waals surface area contributed by atoms with Gasteiger partial charge in [-0.3, -0.25) is 4.90 Å². The summed E-state index contributed by atoms with van der Waals surface area (Å²) in [6, 6.07) is 6.43. The Morgan fingerprint density at radius 1 is 1.24 bits per heavy atom. The first-order chi connectivity index (χ1) is 9.93. The van der Waals surface area contributed by atoms with Crippen molar-refractivity contribution in [2.45, 2.75) is 38.0 Å². The van der Waals surface area contributed by atoms with Gasteiger partial charge in [-0.25, -0.2) is 0 Å². The molecule has 1 aromatic heterocycles. The van der Waals surface area contributed by atoms with E-state index in [1.54, 1.807) is 4.90 Å². The summed E-state index contributed by atoms with van der Waals surface area (Å²) in [5.74, 6) is 0. The Morgan fingerprint density at radius 2 is 2.05 bits per heavy atom. The van der Waals surface area contributed by atoms with E-state index in [9.17, 15) is 13.2 Å². The molecule has 21 heavy (non-hydrogen) atoms. The molecule has 1 aliphatic rings. The number of fused-ring (bicyclic) bond motifs is 1. The van der Waals surface area contributed by atoms with E-state index >= 15 is 0 Å². The van der Waals surface area contributed by atoms with E-state index in [2.05, 4.69) is 20.9 Å². The summed E-state index contributed by atoms with van der Waals surface area (Å²) in [4.78, 5) is 4.76. The average Bonchev–Trinajstić information content (AvgIpc) is 2.79. The second-order valence-electron chi connectivity index (χ2n) is 5.55. The van der Waals surface area contributed by atoms with Gasteiger partial charge in [0.15, 0.2) is 0 Å². The number of aromatic amines is 1. The number of likely N-dealkylation sites (tertiary alicyclic amines) is 1. The number of hydrogen-bond donors (Lipinski definition) is 1. The molecule has 2 nitrogen and oxygen atoms in total. The zero-order valence-corrected chi connectivity index (χ0v) is 13.0. The van der Waals surface area contributed by atoms with E-state index in [1.165, 1.54) is 0 Å². The van der Waals surface area contributed by atoms with Gasteiger partial charge < -0.3 is 4.98 Å². The Morgan fingerprint density at radius 3 is 2.81 bits per heavy atom. The van der Waals surface area contributed by atoms with Crippen molar-refractivity contribution in [3.63, 3.8) is 0 Å². The highest BCUT2D eigenvalue weighted by molar-refractivity contribution is 9.10. The molecule has 1 N–H and O–H groups in total. The van der Waals surface area contributed by atoms with Gasteiger partial charge >= 0.3 is 6.18 Å². The van der Waals surface area contributed by atoms with E-state index < -0.39 is 12.2 Å². The fraction of sp³-hybridized carbons (Fsp3) is 0.467. The lowest BCUT2D eigenvalue weighted by atomic mass is 10.0. The smallest absolute Gasteiger partial charge is 0.357 e. The summed E-state index contributed by atoms with van der Waals surface area (Å²) >= 11 is 3.40. The highest BCUT2D eigenvalue weighted by Crippen LogP contribution is 2.33. The minimum atomic E-state index is -4.14. The molecule has 6 heteroatoms. The monoisotopic (exact) mass is 360 g/mol. The van der Waals surface area contributed by atoms with Gasteiger partial charge in [0.05, 0.1) is 0 Å². The first-order valence-corrected chi connectivity index (χ1v) is 7.81. The number of piperidine rings is 1. The van der Waals surface area contributed by atoms with Crippen LogP contribution in [0.1, 0.15) is 25.0 Å². The number of H-pyrrole nitrogens is 1. The van der Waals surface area contributed by atoms with Gasteiger partial charge in [-0.2, -0.15) is 13.2 Å². The van der Waals surface area contributed by atoms with Crippen LogP contribution in [0, 0.1) is 0 Å². The van der Waals surface area contributed by atoms with Gasteiger partial charge in [-0.15, -0.1) is 0 Å². The van der Waals surface area contributed by atoms with Crippen molar-refractivity contribution in [3.05, 3.63) is 34.4 Å². The normalized spacial score (nSPS) is 21.0. The first-order valence-electron chi connectivity index (χ1n) is 7.01. The summed E-state index contributed by atoms with van der Waals surface area (Å²) in [5.41, 5.74) is 1.79. The lowest BCUT2D eigenvalue weighted by Gasteiger charge is -2.36. The fourth-order valence-electron chi connectivity index (χ4n) is 3.02. The highest BCUT2D eigenvalue weighted by atomic mass is 79.9. The molecule has 0 saturated carbocycles. The van der Waals surface area contributed by atoms with E-state index in [4.69, 9.17) is 0 Å². The van der Waals surface area contributed by atoms with Gasteiger partial charge in [0, 0.05) is 27.6 Å². The predicted molar refractivity (Wildman–Crippen MR) is 80.1 cm³/mol. The summed E-state index contributed by atoms with van der Waals surface area (Å²) in [6.07, 6.45) is -2.45. The summed E-state index contributed by atoms with van der Waals surface area (Å²) in [7, 11) is 0. The quantitative estimate of drug-likeness (QED) is 0.811. The van der Waals surface area contributed by atoms with Crippen LogP contribution in [0.5, 0.6) is 0 Å². The number of rotatable bonds is 2. The highest BCUT2D eigenvalue weighted by Gasteiger charge is 2.44. The van der Waals surface area contributed by atoms with Crippen LogP contribution in [0.15, 0.2) is 28.7 Å². The number of aromatic nitrogens is 1. The zero-order valence-electron chi connectivity index (χ0n) is 11.4. The molecule has 0 bridgehead atoms. The molecule has 1 aliphatic heterocycles. The minimum Gasteiger partial charge on any atom is -0.357 e. The standard InChI is InChI=1S/C15H16BrF3N2/c16-11-4-5-13-10(7-11)8-12(20-13)9-21-6-2-1-3-14(21)15(17,18)19/h4-5,7-8,14,20H,1-3,6,9H2. The van der Waals surface area contributed by atoms with Crippen molar-refractivity contribution in [2.75, 3.05) is 6.54 Å². The molecule has 1 unspecified atom stereocenters. The largest absolute Gasteiger partial charge is 0.404 e. The fourth-order valence-corrected chi connectivity index (χ4v) is 3.40. The van der Waals surface area contributed by atoms with E-state index in [1.807, 2.05) is 24.3 Å². The lowest BCUT2D eigenvalue weighted by Crippen LogP contribution is -2.48. The Bertz CT molecular complexity index is 635. The summed E-state index contributed by atoms with van der Waals surface area (Å²) in [5, 5.41) is 1.01. The third kappa shape index (κ3) is 3.26. The number of benzene rings is 1. The second-order valence-corrected chi connectivity index (χ2v) is 6.47. The Balaban J connectivity index is 1.82. The van der Waals surface area contributed by atoms with Gasteiger partial charge in [0.1, 0.15) is 6.04 Å². The zero-order chi connectivity index (χ0) is 15.0. The first kappa shape index (κ1) is 14.9. The molecular weight excluding hydrogens is 345 g/mol. The third-order valence-corrected chi connectivity index (χ3v) is 4.50. The third-order valence-electron chi connectivity index (χ3n) is 4.00. The molecule has 1 saturated heterocycles. The van der Waals surface area contributed by atoms with Crippen molar-refractivity contribution in [2.24, 2.45) is 0 Å². The molecule has 2 heterocycles. The van der Waals surface area contributed by atoms with Gasteiger partial charge in [-0.05, 0) is 43.7 Å². The molecule has 1 fully saturated rings. The number of alkyl halides is 3. The van der Waals surface area contributed by atoms with Gasteiger partial charge in [-0.1, -0.05) is 22.4 Å². The number of halogens is 4. The molecule has 0 radical (unpaired) electrons. The second kappa shape index (κ2) is 5.65. The van der Waals surface area contributed by atoms with Crippen LogP contribution in [-0.4, -0.2) is 28.6 Å². The van der Waals surface area contributed by atoms with E-state index in [-0.39, 0.29) is 6.42 Å². The SMILES string of the molecule is FC(F)(F)C1CCCCN1Cc1cc2cc(Br)ccc2[nH]1. The lowest BCUT2D eigenvalue weighted by molar-refractivity contribution is -0.192. The van der Waals surface area contributed by atoms with Crippen molar-refractivity contribution in [3.8, 4) is 0 Å². The van der Waals surface area contributed by atoms with Crippen LogP contribution in [0.4, 0.5) is 13.2 Å². The number of hydrogen-bond acceptors (Lipinski definition) is 1. The van der Waals surface area contributed by atoms with Crippen LogP contribution in [-0.2, 0) is 6.54 Å².